The number of aliphatic hydroxyl groups is 7. The van der Waals surface area contributed by atoms with Gasteiger partial charge in [0.15, 0.2) is 12.6 Å². The average Bonchev–Trinajstić information content (AvgIpc) is 3.64. The topological polar surface area (TPSA) is 222 Å². The van der Waals surface area contributed by atoms with Gasteiger partial charge in [-0.05, 0) is 101 Å². The molecule has 7 rings (SSSR count). The Bertz CT molecular complexity index is 1340. The van der Waals surface area contributed by atoms with Crippen LogP contribution in [0, 0.1) is 34.5 Å². The minimum Gasteiger partial charge on any atom is -0.458 e. The van der Waals surface area contributed by atoms with E-state index in [-0.39, 0.29) is 48.1 Å². The van der Waals surface area contributed by atoms with Gasteiger partial charge in [0.25, 0.3) is 0 Å². The fraction of sp³-hybridized carbons (Fsp3) is 0.889. The molecule has 50 heavy (non-hydrogen) atoms. The molecule has 18 atom stereocenters. The number of rotatable bonds is 7. The number of carbonyl (C=O) groups is 2. The second kappa shape index (κ2) is 13.4. The number of cyclic esters (lactones) is 1. The quantitative estimate of drug-likeness (QED) is 0.135. The summed E-state index contributed by atoms with van der Waals surface area (Å²) in [6.07, 6.45) is -6.52. The fourth-order valence-corrected chi connectivity index (χ4v) is 11.7. The second-order valence-corrected chi connectivity index (χ2v) is 16.4. The zero-order valence-electron chi connectivity index (χ0n) is 29.0. The van der Waals surface area contributed by atoms with E-state index in [2.05, 4.69) is 6.92 Å². The average molecular weight is 711 g/mol. The van der Waals surface area contributed by atoms with E-state index in [4.69, 9.17) is 23.7 Å². The third-order valence-electron chi connectivity index (χ3n) is 14.3. The zero-order valence-corrected chi connectivity index (χ0v) is 29.0. The molecule has 3 heterocycles. The van der Waals surface area contributed by atoms with Crippen LogP contribution in [0.15, 0.2) is 11.6 Å². The van der Waals surface area contributed by atoms with Crippen molar-refractivity contribution in [2.45, 2.75) is 152 Å². The first-order valence-electron chi connectivity index (χ1n) is 18.4. The molecule has 2 saturated heterocycles. The highest BCUT2D eigenvalue weighted by Crippen LogP contribution is 2.70. The van der Waals surface area contributed by atoms with Crippen molar-refractivity contribution < 1.29 is 69.0 Å². The van der Waals surface area contributed by atoms with Gasteiger partial charge in [0, 0.05) is 16.9 Å². The van der Waals surface area contributed by atoms with Crippen LogP contribution in [0.4, 0.5) is 0 Å². The van der Waals surface area contributed by atoms with Gasteiger partial charge in [-0.25, -0.2) is 4.79 Å². The van der Waals surface area contributed by atoms with E-state index in [9.17, 15) is 45.3 Å². The van der Waals surface area contributed by atoms with Gasteiger partial charge >= 0.3 is 5.97 Å². The van der Waals surface area contributed by atoms with Crippen molar-refractivity contribution in [3.63, 3.8) is 0 Å². The lowest BCUT2D eigenvalue weighted by molar-refractivity contribution is -0.360. The van der Waals surface area contributed by atoms with Crippen molar-refractivity contribution in [3.05, 3.63) is 11.6 Å². The summed E-state index contributed by atoms with van der Waals surface area (Å²) >= 11 is 0. The molecule has 0 bridgehead atoms. The third kappa shape index (κ3) is 5.55. The predicted molar refractivity (Wildman–Crippen MR) is 171 cm³/mol. The molecule has 7 N–H and O–H groups in total. The highest BCUT2D eigenvalue weighted by atomic mass is 16.7. The van der Waals surface area contributed by atoms with Crippen molar-refractivity contribution in [2.75, 3.05) is 13.2 Å². The summed E-state index contributed by atoms with van der Waals surface area (Å²) in [4.78, 5) is 25.7. The predicted octanol–water partition coefficient (Wildman–Crippen LogP) is -0.151. The van der Waals surface area contributed by atoms with Gasteiger partial charge in [0.2, 0.25) is 0 Å². The lowest BCUT2D eigenvalue weighted by atomic mass is 9.42. The number of esters is 1. The van der Waals surface area contributed by atoms with Gasteiger partial charge in [-0.1, -0.05) is 6.92 Å². The van der Waals surface area contributed by atoms with Gasteiger partial charge in [-0.2, -0.15) is 0 Å². The maximum absolute atomic E-state index is 13.8. The first-order valence-corrected chi connectivity index (χ1v) is 18.4. The van der Waals surface area contributed by atoms with E-state index in [1.165, 1.54) is 0 Å². The molecule has 0 aromatic carbocycles. The molecule has 0 aromatic rings. The smallest absolute Gasteiger partial charge is 0.331 e. The lowest BCUT2D eigenvalue weighted by Gasteiger charge is -2.63. The van der Waals surface area contributed by atoms with Crippen LogP contribution in [0.3, 0.4) is 0 Å². The molecule has 0 radical (unpaired) electrons. The van der Waals surface area contributed by atoms with Crippen molar-refractivity contribution in [1.82, 2.24) is 0 Å². The van der Waals surface area contributed by atoms with Crippen LogP contribution in [-0.2, 0) is 33.3 Å². The molecule has 3 aliphatic heterocycles. The van der Waals surface area contributed by atoms with Gasteiger partial charge in [-0.3, -0.25) is 4.79 Å². The fourth-order valence-electron chi connectivity index (χ4n) is 11.7. The van der Waals surface area contributed by atoms with Crippen molar-refractivity contribution in [1.29, 1.82) is 0 Å². The summed E-state index contributed by atoms with van der Waals surface area (Å²) in [6, 6.07) is 0. The maximum atomic E-state index is 13.8. The Morgan fingerprint density at radius 2 is 1.60 bits per heavy atom. The van der Waals surface area contributed by atoms with E-state index in [0.29, 0.717) is 25.7 Å². The summed E-state index contributed by atoms with van der Waals surface area (Å²) in [6.45, 7) is 5.08. The molecule has 0 spiro atoms. The Balaban J connectivity index is 1.02. The molecule has 0 aromatic heterocycles. The summed E-state index contributed by atoms with van der Waals surface area (Å²) in [5.74, 6) is -0.121. The van der Waals surface area contributed by atoms with Crippen LogP contribution in [0.2, 0.25) is 0 Å². The zero-order chi connectivity index (χ0) is 35.9. The molecule has 4 saturated carbocycles. The molecule has 14 nitrogen and oxygen atoms in total. The van der Waals surface area contributed by atoms with Gasteiger partial charge < -0.3 is 59.4 Å². The highest BCUT2D eigenvalue weighted by Gasteiger charge is 2.69. The normalized spacial score (nSPS) is 53.5. The number of fused-ring (bicyclic) bond motifs is 5. The van der Waals surface area contributed by atoms with Gasteiger partial charge in [0.1, 0.15) is 55.1 Å². The number of carbonyl (C=O) groups excluding carboxylic acids is 2. The molecular weight excluding hydrogens is 656 g/mol. The molecule has 18 unspecified atom stereocenters. The number of hydrogen-bond donors (Lipinski definition) is 7. The maximum Gasteiger partial charge on any atom is 0.331 e. The first kappa shape index (κ1) is 36.8. The van der Waals surface area contributed by atoms with Crippen LogP contribution < -0.4 is 0 Å². The molecular formula is C36H54O14. The monoisotopic (exact) mass is 710 g/mol. The Hall–Kier alpha value is -1.56. The third-order valence-corrected chi connectivity index (χ3v) is 14.3. The molecule has 4 aliphatic carbocycles. The largest absolute Gasteiger partial charge is 0.458 e. The summed E-state index contributed by atoms with van der Waals surface area (Å²) in [5, 5.41) is 74.9. The first-order chi connectivity index (χ1) is 23.7. The number of Topliss-reactive ketones (excluding diaryl/α,β-unsaturated/α-hetero) is 1. The van der Waals surface area contributed by atoms with Gasteiger partial charge in [-0.15, -0.1) is 0 Å². The Morgan fingerprint density at radius 3 is 2.28 bits per heavy atom. The van der Waals surface area contributed by atoms with Crippen LogP contribution in [0.1, 0.15) is 78.6 Å². The van der Waals surface area contributed by atoms with E-state index >= 15 is 0 Å². The van der Waals surface area contributed by atoms with Crippen LogP contribution in [0.5, 0.6) is 0 Å². The minimum absolute atomic E-state index is 0.0130. The Kier molecular flexibility index (Phi) is 9.84. The number of ether oxygens (including phenoxy) is 5. The van der Waals surface area contributed by atoms with Crippen molar-refractivity contribution in [2.24, 2.45) is 34.5 Å². The standard InChI is InChI=1S/C36H54O14/c1-16-31(50-33-29(43)27(41)26(40)24(14-37)49-33)28(42)30(44)32(47-16)48-20-6-10-35(17(2)38)19(13-20)4-5-23-22(35)7-9-34(3)21(8-11-36(23,34)45)18-12-25(39)46-15-18/h12,16,19-24,26-33,37,40-45H,4-11,13-15H2,1-3H3. The summed E-state index contributed by atoms with van der Waals surface area (Å²) < 4.78 is 28.7. The lowest BCUT2D eigenvalue weighted by Crippen LogP contribution is -2.65. The number of aliphatic hydroxyl groups excluding tert-OH is 6. The van der Waals surface area contributed by atoms with Crippen LogP contribution in [-0.4, -0.2) is 134 Å². The van der Waals surface area contributed by atoms with Crippen molar-refractivity contribution >= 4 is 11.8 Å². The Morgan fingerprint density at radius 1 is 0.880 bits per heavy atom. The van der Waals surface area contributed by atoms with Crippen LogP contribution in [0.25, 0.3) is 0 Å². The van der Waals surface area contributed by atoms with Gasteiger partial charge in [0.05, 0.1) is 24.4 Å². The Labute approximate surface area is 291 Å². The molecule has 7 aliphatic rings. The molecule has 282 valence electrons. The van der Waals surface area contributed by atoms with E-state index in [0.717, 1.165) is 37.7 Å². The number of ketones is 1. The highest BCUT2D eigenvalue weighted by molar-refractivity contribution is 5.85. The van der Waals surface area contributed by atoms with E-state index in [1.54, 1.807) is 19.9 Å². The van der Waals surface area contributed by atoms with E-state index in [1.807, 2.05) is 0 Å². The van der Waals surface area contributed by atoms with E-state index < -0.39 is 84.4 Å². The minimum atomic E-state index is -1.68. The summed E-state index contributed by atoms with van der Waals surface area (Å²) in [7, 11) is 0. The molecule has 0 amide bonds. The van der Waals surface area contributed by atoms with Crippen LogP contribution >= 0.6 is 0 Å². The molecule has 6 fully saturated rings. The molecule has 14 heteroatoms. The summed E-state index contributed by atoms with van der Waals surface area (Å²) in [5.41, 5.74) is -0.991. The SMILES string of the molecule is CC(=O)C12CCC(OC3OC(C)C(OC4OC(CO)C(O)C(O)C4O)C(O)C3O)CC1CCC1C2CCC2(C)C(C3=CC(=O)OC3)CCC12O. The van der Waals surface area contributed by atoms with Crippen molar-refractivity contribution in [3.8, 4) is 0 Å². The second-order valence-electron chi connectivity index (χ2n) is 16.4. The number of hydrogen-bond acceptors (Lipinski definition) is 14.